The second kappa shape index (κ2) is 7.89. The van der Waals surface area contributed by atoms with Gasteiger partial charge in [0.1, 0.15) is 0 Å². The van der Waals surface area contributed by atoms with Crippen molar-refractivity contribution < 1.29 is 13.2 Å². The molecule has 0 bridgehead atoms. The maximum Gasteiger partial charge on any atom is 0.240 e. The summed E-state index contributed by atoms with van der Waals surface area (Å²) in [6.45, 7) is 5.51. The van der Waals surface area contributed by atoms with Gasteiger partial charge in [-0.05, 0) is 43.0 Å². The summed E-state index contributed by atoms with van der Waals surface area (Å²) in [4.78, 5) is 0.338. The minimum absolute atomic E-state index is 0.338. The van der Waals surface area contributed by atoms with Crippen molar-refractivity contribution in [2.75, 3.05) is 26.3 Å². The third kappa shape index (κ3) is 5.07. The Labute approximate surface area is 127 Å². The average Bonchev–Trinajstić information content (AvgIpc) is 2.52. The van der Waals surface area contributed by atoms with E-state index in [1.165, 1.54) is 0 Å². The van der Waals surface area contributed by atoms with Crippen molar-refractivity contribution in [1.29, 1.82) is 0 Å². The Bertz CT molecular complexity index is 540. The van der Waals surface area contributed by atoms with Gasteiger partial charge >= 0.3 is 0 Å². The molecule has 1 aromatic carbocycles. The minimum Gasteiger partial charge on any atom is -0.381 e. The normalized spacial score (nSPS) is 17.0. The fourth-order valence-electron chi connectivity index (χ4n) is 2.35. The lowest BCUT2D eigenvalue weighted by Gasteiger charge is -2.22. The summed E-state index contributed by atoms with van der Waals surface area (Å²) in [6, 6.07) is 7.09. The molecule has 0 radical (unpaired) electrons. The van der Waals surface area contributed by atoms with E-state index in [2.05, 4.69) is 10.0 Å². The van der Waals surface area contributed by atoms with Gasteiger partial charge in [0.05, 0.1) is 4.90 Å². The van der Waals surface area contributed by atoms with Crippen LogP contribution in [0.5, 0.6) is 0 Å². The van der Waals surface area contributed by atoms with Gasteiger partial charge in [-0.15, -0.1) is 0 Å². The van der Waals surface area contributed by atoms with Crippen LogP contribution in [0.2, 0.25) is 0 Å². The van der Waals surface area contributed by atoms with Crippen LogP contribution in [-0.2, 0) is 21.3 Å². The molecule has 1 aromatic rings. The Morgan fingerprint density at radius 1 is 1.29 bits per heavy atom. The number of rotatable bonds is 7. The molecule has 1 fully saturated rings. The molecule has 5 nitrogen and oxygen atoms in total. The van der Waals surface area contributed by atoms with E-state index in [-0.39, 0.29) is 0 Å². The first-order valence-electron chi connectivity index (χ1n) is 7.49. The first kappa shape index (κ1) is 16.4. The van der Waals surface area contributed by atoms with Crippen LogP contribution in [0.15, 0.2) is 29.2 Å². The van der Waals surface area contributed by atoms with E-state index in [9.17, 15) is 8.42 Å². The van der Waals surface area contributed by atoms with Crippen LogP contribution in [0.4, 0.5) is 0 Å². The van der Waals surface area contributed by atoms with E-state index in [4.69, 9.17) is 4.74 Å². The van der Waals surface area contributed by atoms with Crippen molar-refractivity contribution in [2.45, 2.75) is 31.2 Å². The quantitative estimate of drug-likeness (QED) is 0.801. The molecule has 0 unspecified atom stereocenters. The third-order valence-electron chi connectivity index (χ3n) is 3.69. The second-order valence-electron chi connectivity index (χ2n) is 5.34. The summed E-state index contributed by atoms with van der Waals surface area (Å²) < 4.78 is 32.7. The molecular formula is C15H24N2O3S. The predicted molar refractivity (Wildman–Crippen MR) is 82.6 cm³/mol. The topological polar surface area (TPSA) is 67.4 Å². The monoisotopic (exact) mass is 312 g/mol. The summed E-state index contributed by atoms with van der Waals surface area (Å²) in [6.07, 6.45) is 1.84. The van der Waals surface area contributed by atoms with Gasteiger partial charge in [-0.2, -0.15) is 0 Å². The lowest BCUT2D eigenvalue weighted by atomic mass is 10.0. The van der Waals surface area contributed by atoms with E-state index in [1.54, 1.807) is 18.2 Å². The first-order chi connectivity index (χ1) is 10.1. The maximum atomic E-state index is 12.3. The zero-order valence-corrected chi connectivity index (χ0v) is 13.3. The Hall–Kier alpha value is -0.950. The highest BCUT2D eigenvalue weighted by molar-refractivity contribution is 7.89. The molecule has 6 heteroatoms. The Morgan fingerprint density at radius 2 is 2.05 bits per heavy atom. The lowest BCUT2D eigenvalue weighted by Crippen LogP contribution is -2.32. The number of ether oxygens (including phenoxy) is 1. The molecule has 0 atom stereocenters. The molecule has 0 spiro atoms. The van der Waals surface area contributed by atoms with Crippen LogP contribution in [0, 0.1) is 5.92 Å². The first-order valence-corrected chi connectivity index (χ1v) is 8.97. The van der Waals surface area contributed by atoms with Gasteiger partial charge in [-0.3, -0.25) is 0 Å². The SMILES string of the molecule is CCNCc1cccc(S(=O)(=O)NCC2CCOCC2)c1. The van der Waals surface area contributed by atoms with Gasteiger partial charge in [-0.1, -0.05) is 19.1 Å². The molecule has 0 aliphatic carbocycles. The van der Waals surface area contributed by atoms with Crippen molar-refractivity contribution in [3.05, 3.63) is 29.8 Å². The molecule has 1 aliphatic heterocycles. The smallest absolute Gasteiger partial charge is 0.240 e. The van der Waals surface area contributed by atoms with Gasteiger partial charge in [0.2, 0.25) is 10.0 Å². The molecule has 1 saturated heterocycles. The minimum atomic E-state index is -3.43. The van der Waals surface area contributed by atoms with Crippen LogP contribution >= 0.6 is 0 Å². The van der Waals surface area contributed by atoms with E-state index in [0.29, 0.717) is 23.9 Å². The van der Waals surface area contributed by atoms with Crippen molar-refractivity contribution in [3.63, 3.8) is 0 Å². The number of sulfonamides is 1. The molecule has 1 aliphatic rings. The standard InChI is InChI=1S/C15H24N2O3S/c1-2-16-11-14-4-3-5-15(10-14)21(18,19)17-12-13-6-8-20-9-7-13/h3-5,10,13,16-17H,2,6-9,11-12H2,1H3. The largest absolute Gasteiger partial charge is 0.381 e. The van der Waals surface area contributed by atoms with Crippen LogP contribution < -0.4 is 10.0 Å². The fourth-order valence-corrected chi connectivity index (χ4v) is 3.54. The fraction of sp³-hybridized carbons (Fsp3) is 0.600. The summed E-state index contributed by atoms with van der Waals surface area (Å²) in [5, 5.41) is 3.20. The van der Waals surface area contributed by atoms with Crippen LogP contribution in [-0.4, -0.2) is 34.7 Å². The van der Waals surface area contributed by atoms with Gasteiger partial charge < -0.3 is 10.1 Å². The summed E-state index contributed by atoms with van der Waals surface area (Å²) in [5.74, 6) is 0.374. The Morgan fingerprint density at radius 3 is 2.76 bits per heavy atom. The van der Waals surface area contributed by atoms with Crippen molar-refractivity contribution in [1.82, 2.24) is 10.0 Å². The molecule has 0 amide bonds. The molecule has 0 aromatic heterocycles. The second-order valence-corrected chi connectivity index (χ2v) is 7.10. The molecule has 21 heavy (non-hydrogen) atoms. The number of hydrogen-bond donors (Lipinski definition) is 2. The lowest BCUT2D eigenvalue weighted by molar-refractivity contribution is 0.0678. The summed E-state index contributed by atoms with van der Waals surface area (Å²) in [7, 11) is -3.43. The summed E-state index contributed by atoms with van der Waals surface area (Å²) >= 11 is 0. The zero-order valence-electron chi connectivity index (χ0n) is 12.5. The molecule has 0 saturated carbocycles. The van der Waals surface area contributed by atoms with Crippen LogP contribution in [0.1, 0.15) is 25.3 Å². The summed E-state index contributed by atoms with van der Waals surface area (Å²) in [5.41, 5.74) is 0.978. The molecule has 118 valence electrons. The molecule has 1 heterocycles. The van der Waals surface area contributed by atoms with E-state index in [1.807, 2.05) is 13.0 Å². The van der Waals surface area contributed by atoms with Gasteiger partial charge in [0, 0.05) is 26.3 Å². The molecular weight excluding hydrogens is 288 g/mol. The average molecular weight is 312 g/mol. The van der Waals surface area contributed by atoms with Gasteiger partial charge in [0.25, 0.3) is 0 Å². The van der Waals surface area contributed by atoms with Crippen molar-refractivity contribution in [3.8, 4) is 0 Å². The molecule has 2 rings (SSSR count). The number of nitrogens with one attached hydrogen (secondary N) is 2. The highest BCUT2D eigenvalue weighted by atomic mass is 32.2. The van der Waals surface area contributed by atoms with Gasteiger partial charge in [0.15, 0.2) is 0 Å². The number of benzene rings is 1. The maximum absolute atomic E-state index is 12.3. The van der Waals surface area contributed by atoms with Gasteiger partial charge in [-0.25, -0.2) is 13.1 Å². The third-order valence-corrected chi connectivity index (χ3v) is 5.11. The highest BCUT2D eigenvalue weighted by Gasteiger charge is 2.19. The predicted octanol–water partition coefficient (Wildman–Crippen LogP) is 1.50. The van der Waals surface area contributed by atoms with Crippen molar-refractivity contribution >= 4 is 10.0 Å². The van der Waals surface area contributed by atoms with E-state index >= 15 is 0 Å². The van der Waals surface area contributed by atoms with Crippen LogP contribution in [0.3, 0.4) is 0 Å². The van der Waals surface area contributed by atoms with Crippen molar-refractivity contribution in [2.24, 2.45) is 5.92 Å². The Kier molecular flexibility index (Phi) is 6.17. The Balaban J connectivity index is 1.97. The zero-order chi connectivity index (χ0) is 15.1. The van der Waals surface area contributed by atoms with E-state index in [0.717, 1.165) is 38.2 Å². The van der Waals surface area contributed by atoms with E-state index < -0.39 is 10.0 Å². The highest BCUT2D eigenvalue weighted by Crippen LogP contribution is 2.16. The molecule has 2 N–H and O–H groups in total. The van der Waals surface area contributed by atoms with Crippen LogP contribution in [0.25, 0.3) is 0 Å². The number of hydrogen-bond acceptors (Lipinski definition) is 4.